The monoisotopic (exact) mass is 269 g/mol. The third kappa shape index (κ3) is 2.12. The largest absolute Gasteiger partial charge is 0.497 e. The summed E-state index contributed by atoms with van der Waals surface area (Å²) in [6.45, 7) is 1.70. The van der Waals surface area contributed by atoms with E-state index in [9.17, 15) is 8.42 Å². The highest BCUT2D eigenvalue weighted by atomic mass is 32.2. The van der Waals surface area contributed by atoms with E-state index in [1.54, 1.807) is 21.1 Å². The summed E-state index contributed by atoms with van der Waals surface area (Å²) in [6.07, 6.45) is 0.584. The normalized spacial score (nSPS) is 22.8. The number of methoxy groups -OCH3 is 1. The standard InChI is InChI=1S/C13H19NO3S/c1-4-18(15,16)12-7-9-5-6-10(17-3)8-11(9)13(12)14-2/h5-6,8,12-14H,4,7H2,1-3H3. The third-order valence-corrected chi connectivity index (χ3v) is 5.82. The van der Waals surface area contributed by atoms with Crippen LogP contribution in [0.5, 0.6) is 5.75 Å². The van der Waals surface area contributed by atoms with Gasteiger partial charge < -0.3 is 10.1 Å². The predicted octanol–water partition coefficient (Wildman–Crippen LogP) is 1.32. The summed E-state index contributed by atoms with van der Waals surface area (Å²) in [5.41, 5.74) is 2.14. The molecule has 1 aliphatic carbocycles. The maximum Gasteiger partial charge on any atom is 0.155 e. The average molecular weight is 269 g/mol. The second-order valence-corrected chi connectivity index (χ2v) is 7.03. The maximum absolute atomic E-state index is 12.1. The van der Waals surface area contributed by atoms with Crippen LogP contribution in [0.15, 0.2) is 18.2 Å². The third-order valence-electron chi connectivity index (χ3n) is 3.66. The Morgan fingerprint density at radius 3 is 2.72 bits per heavy atom. The zero-order valence-corrected chi connectivity index (χ0v) is 11.8. The van der Waals surface area contributed by atoms with Gasteiger partial charge in [-0.05, 0) is 36.7 Å². The van der Waals surface area contributed by atoms with E-state index < -0.39 is 9.84 Å². The molecule has 0 saturated heterocycles. The summed E-state index contributed by atoms with van der Waals surface area (Å²) in [6, 6.07) is 5.64. The van der Waals surface area contributed by atoms with Crippen molar-refractivity contribution in [2.75, 3.05) is 19.9 Å². The maximum atomic E-state index is 12.1. The van der Waals surface area contributed by atoms with Crippen molar-refractivity contribution < 1.29 is 13.2 Å². The van der Waals surface area contributed by atoms with E-state index >= 15 is 0 Å². The first-order valence-corrected chi connectivity index (χ1v) is 7.80. The number of sulfone groups is 1. The molecule has 1 aromatic rings. The molecule has 0 spiro atoms. The summed E-state index contributed by atoms with van der Waals surface area (Å²) >= 11 is 0. The van der Waals surface area contributed by atoms with Crippen LogP contribution >= 0.6 is 0 Å². The van der Waals surface area contributed by atoms with Crippen molar-refractivity contribution in [2.45, 2.75) is 24.6 Å². The lowest BCUT2D eigenvalue weighted by molar-refractivity contribution is 0.413. The molecule has 18 heavy (non-hydrogen) atoms. The van der Waals surface area contributed by atoms with Crippen LogP contribution in [0.1, 0.15) is 24.1 Å². The van der Waals surface area contributed by atoms with Crippen LogP contribution in [0.3, 0.4) is 0 Å². The van der Waals surface area contributed by atoms with E-state index in [1.165, 1.54) is 0 Å². The van der Waals surface area contributed by atoms with Crippen LogP contribution in [-0.4, -0.2) is 33.6 Å². The predicted molar refractivity (Wildman–Crippen MR) is 71.7 cm³/mol. The molecule has 1 aromatic carbocycles. The summed E-state index contributed by atoms with van der Waals surface area (Å²) in [5.74, 6) is 0.949. The molecule has 1 N–H and O–H groups in total. The zero-order valence-electron chi connectivity index (χ0n) is 10.9. The topological polar surface area (TPSA) is 55.4 Å². The fourth-order valence-corrected chi connectivity index (χ4v) is 4.16. The molecule has 0 bridgehead atoms. The second-order valence-electron chi connectivity index (χ2n) is 4.53. The molecule has 1 aliphatic rings. The van der Waals surface area contributed by atoms with Crippen molar-refractivity contribution in [3.8, 4) is 5.75 Å². The van der Waals surface area contributed by atoms with Gasteiger partial charge in [0, 0.05) is 11.8 Å². The molecule has 4 nitrogen and oxygen atoms in total. The Morgan fingerprint density at radius 2 is 2.17 bits per heavy atom. The molecule has 100 valence electrons. The smallest absolute Gasteiger partial charge is 0.155 e. The summed E-state index contributed by atoms with van der Waals surface area (Å²) < 4.78 is 29.4. The van der Waals surface area contributed by atoms with Crippen LogP contribution in [0.25, 0.3) is 0 Å². The molecule has 0 aromatic heterocycles. The Labute approximate surface area is 108 Å². The van der Waals surface area contributed by atoms with Crippen molar-refractivity contribution in [1.29, 1.82) is 0 Å². The van der Waals surface area contributed by atoms with Gasteiger partial charge in [0.05, 0.1) is 12.4 Å². The molecule has 2 unspecified atom stereocenters. The van der Waals surface area contributed by atoms with Crippen molar-refractivity contribution in [1.82, 2.24) is 5.32 Å². The number of rotatable bonds is 4. The van der Waals surface area contributed by atoms with E-state index in [4.69, 9.17) is 4.74 Å². The minimum atomic E-state index is -3.05. The van der Waals surface area contributed by atoms with Crippen molar-refractivity contribution in [3.63, 3.8) is 0 Å². The molecular weight excluding hydrogens is 250 g/mol. The fraction of sp³-hybridized carbons (Fsp3) is 0.538. The fourth-order valence-electron chi connectivity index (χ4n) is 2.60. The van der Waals surface area contributed by atoms with Crippen LogP contribution in [0.4, 0.5) is 0 Å². The molecule has 2 atom stereocenters. The zero-order chi connectivity index (χ0) is 13.3. The molecule has 2 rings (SSSR count). The minimum absolute atomic E-state index is 0.139. The highest BCUT2D eigenvalue weighted by Crippen LogP contribution is 2.37. The van der Waals surface area contributed by atoms with Crippen molar-refractivity contribution in [3.05, 3.63) is 29.3 Å². The first kappa shape index (κ1) is 13.4. The average Bonchev–Trinajstić information content (AvgIpc) is 2.76. The molecular formula is C13H19NO3S. The molecule has 5 heteroatoms. The molecule has 0 radical (unpaired) electrons. The van der Waals surface area contributed by atoms with Crippen LogP contribution in [0.2, 0.25) is 0 Å². The van der Waals surface area contributed by atoms with Gasteiger partial charge in [-0.25, -0.2) is 8.42 Å². The number of hydrogen-bond donors (Lipinski definition) is 1. The van der Waals surface area contributed by atoms with Gasteiger partial charge in [-0.2, -0.15) is 0 Å². The Hall–Kier alpha value is -1.07. The molecule has 0 fully saturated rings. The number of nitrogens with one attached hydrogen (secondary N) is 1. The van der Waals surface area contributed by atoms with Crippen molar-refractivity contribution >= 4 is 9.84 Å². The highest BCUT2D eigenvalue weighted by molar-refractivity contribution is 7.92. The van der Waals surface area contributed by atoms with Gasteiger partial charge in [0.25, 0.3) is 0 Å². The Balaban J connectivity index is 2.44. The Kier molecular flexibility index (Phi) is 3.64. The molecule has 0 heterocycles. The van der Waals surface area contributed by atoms with Gasteiger partial charge >= 0.3 is 0 Å². The minimum Gasteiger partial charge on any atom is -0.497 e. The van der Waals surface area contributed by atoms with E-state index in [0.717, 1.165) is 16.9 Å². The Morgan fingerprint density at radius 1 is 1.44 bits per heavy atom. The van der Waals surface area contributed by atoms with Gasteiger partial charge in [0.15, 0.2) is 9.84 Å². The van der Waals surface area contributed by atoms with E-state index in [1.807, 2.05) is 18.2 Å². The van der Waals surface area contributed by atoms with Gasteiger partial charge in [-0.15, -0.1) is 0 Å². The van der Waals surface area contributed by atoms with Crippen molar-refractivity contribution in [2.24, 2.45) is 0 Å². The lowest BCUT2D eigenvalue weighted by Gasteiger charge is -2.19. The lowest BCUT2D eigenvalue weighted by atomic mass is 10.1. The van der Waals surface area contributed by atoms with E-state index in [-0.39, 0.29) is 17.0 Å². The van der Waals surface area contributed by atoms with Crippen LogP contribution in [-0.2, 0) is 16.3 Å². The number of ether oxygens (including phenoxy) is 1. The van der Waals surface area contributed by atoms with Crippen LogP contribution < -0.4 is 10.1 Å². The first-order chi connectivity index (χ1) is 8.53. The number of benzene rings is 1. The number of hydrogen-bond acceptors (Lipinski definition) is 4. The first-order valence-electron chi connectivity index (χ1n) is 6.09. The summed E-state index contributed by atoms with van der Waals surface area (Å²) in [7, 11) is 0.370. The molecule has 0 aliphatic heterocycles. The molecule has 0 amide bonds. The quantitative estimate of drug-likeness (QED) is 0.895. The van der Waals surface area contributed by atoms with E-state index in [2.05, 4.69) is 5.32 Å². The summed E-state index contributed by atoms with van der Waals surface area (Å²) in [5, 5.41) is 2.76. The highest BCUT2D eigenvalue weighted by Gasteiger charge is 2.39. The molecule has 0 saturated carbocycles. The lowest BCUT2D eigenvalue weighted by Crippen LogP contribution is -2.33. The Bertz CT molecular complexity index is 539. The van der Waals surface area contributed by atoms with Gasteiger partial charge in [0.1, 0.15) is 5.75 Å². The number of fused-ring (bicyclic) bond motifs is 1. The SMILES string of the molecule is CCS(=O)(=O)C1Cc2ccc(OC)cc2C1NC. The summed E-state index contributed by atoms with van der Waals surface area (Å²) in [4.78, 5) is 0. The van der Waals surface area contributed by atoms with Gasteiger partial charge in [0.2, 0.25) is 0 Å². The van der Waals surface area contributed by atoms with Crippen LogP contribution in [0, 0.1) is 0 Å². The van der Waals surface area contributed by atoms with Gasteiger partial charge in [-0.1, -0.05) is 13.0 Å². The second kappa shape index (κ2) is 4.90. The van der Waals surface area contributed by atoms with E-state index in [0.29, 0.717) is 6.42 Å². The van der Waals surface area contributed by atoms with Gasteiger partial charge in [-0.3, -0.25) is 0 Å².